The fourth-order valence-electron chi connectivity index (χ4n) is 2.39. The van der Waals surface area contributed by atoms with Crippen molar-refractivity contribution in [3.05, 3.63) is 65.5 Å². The molecule has 0 radical (unpaired) electrons. The Morgan fingerprint density at radius 3 is 2.72 bits per heavy atom. The zero-order valence-electron chi connectivity index (χ0n) is 14.2. The molecule has 1 amide bonds. The van der Waals surface area contributed by atoms with Crippen molar-refractivity contribution in [2.75, 3.05) is 7.11 Å². The number of nitrogens with one attached hydrogen (secondary N) is 1. The first-order valence-electron chi connectivity index (χ1n) is 7.93. The van der Waals surface area contributed by atoms with E-state index in [1.807, 2.05) is 55.5 Å². The third-order valence-electron chi connectivity index (χ3n) is 3.70. The van der Waals surface area contributed by atoms with Gasteiger partial charge in [0.15, 0.2) is 0 Å². The van der Waals surface area contributed by atoms with Crippen LogP contribution in [0.3, 0.4) is 0 Å². The smallest absolute Gasteiger partial charge is 0.246 e. The fourth-order valence-corrected chi connectivity index (χ4v) is 2.39. The number of carbonyl (C=O) groups excluding carboxylic acids is 1. The topological polar surface area (TPSA) is 77.2 Å². The van der Waals surface area contributed by atoms with Gasteiger partial charge in [-0.2, -0.15) is 4.98 Å². The van der Waals surface area contributed by atoms with Crippen molar-refractivity contribution in [1.29, 1.82) is 0 Å². The van der Waals surface area contributed by atoms with E-state index in [0.29, 0.717) is 11.7 Å². The van der Waals surface area contributed by atoms with Crippen molar-refractivity contribution in [3.8, 4) is 17.1 Å². The lowest BCUT2D eigenvalue weighted by atomic mass is 10.1. The average molecular weight is 337 g/mol. The first-order valence-corrected chi connectivity index (χ1v) is 7.93. The number of aryl methyl sites for hydroxylation is 1. The molecule has 3 aromatic rings. The second-order valence-corrected chi connectivity index (χ2v) is 5.68. The highest BCUT2D eigenvalue weighted by Crippen LogP contribution is 2.17. The van der Waals surface area contributed by atoms with E-state index in [0.717, 1.165) is 22.4 Å². The first-order chi connectivity index (χ1) is 12.1. The zero-order chi connectivity index (χ0) is 17.6. The fraction of sp³-hybridized carbons (Fsp3) is 0.211. The van der Waals surface area contributed by atoms with E-state index in [9.17, 15) is 4.79 Å². The SMILES string of the molecule is COc1ccc(CC(=O)NCc2nc(-c3cccc(C)c3)no2)cc1. The van der Waals surface area contributed by atoms with Crippen LogP contribution in [0.15, 0.2) is 53.1 Å². The molecule has 0 aliphatic rings. The molecule has 6 nitrogen and oxygen atoms in total. The summed E-state index contributed by atoms with van der Waals surface area (Å²) in [6, 6.07) is 15.2. The number of methoxy groups -OCH3 is 1. The van der Waals surface area contributed by atoms with Crippen LogP contribution in [0.1, 0.15) is 17.0 Å². The second kappa shape index (κ2) is 7.61. The van der Waals surface area contributed by atoms with Crippen molar-refractivity contribution >= 4 is 5.91 Å². The minimum atomic E-state index is -0.111. The Morgan fingerprint density at radius 1 is 1.20 bits per heavy atom. The number of aromatic nitrogens is 2. The van der Waals surface area contributed by atoms with Crippen molar-refractivity contribution in [2.24, 2.45) is 0 Å². The summed E-state index contributed by atoms with van der Waals surface area (Å²) in [7, 11) is 1.61. The number of hydrogen-bond donors (Lipinski definition) is 1. The maximum absolute atomic E-state index is 12.0. The van der Waals surface area contributed by atoms with Crippen molar-refractivity contribution in [2.45, 2.75) is 19.9 Å². The molecule has 2 aromatic carbocycles. The molecule has 6 heteroatoms. The molecule has 1 N–H and O–H groups in total. The summed E-state index contributed by atoms with van der Waals surface area (Å²) in [6.45, 7) is 2.21. The number of benzene rings is 2. The number of amides is 1. The lowest BCUT2D eigenvalue weighted by Gasteiger charge is -2.04. The summed E-state index contributed by atoms with van der Waals surface area (Å²) >= 11 is 0. The highest BCUT2D eigenvalue weighted by atomic mass is 16.5. The van der Waals surface area contributed by atoms with E-state index < -0.39 is 0 Å². The van der Waals surface area contributed by atoms with E-state index in [-0.39, 0.29) is 18.9 Å². The van der Waals surface area contributed by atoms with Gasteiger partial charge in [0.1, 0.15) is 5.75 Å². The van der Waals surface area contributed by atoms with E-state index in [2.05, 4.69) is 15.5 Å². The molecule has 0 aliphatic heterocycles. The number of hydrogen-bond acceptors (Lipinski definition) is 5. The summed E-state index contributed by atoms with van der Waals surface area (Å²) in [4.78, 5) is 16.3. The Hall–Kier alpha value is -3.15. The monoisotopic (exact) mass is 337 g/mol. The Balaban J connectivity index is 1.55. The van der Waals surface area contributed by atoms with E-state index in [1.165, 1.54) is 0 Å². The number of nitrogens with zero attached hydrogens (tertiary/aromatic N) is 2. The van der Waals surface area contributed by atoms with Crippen molar-refractivity contribution in [3.63, 3.8) is 0 Å². The summed E-state index contributed by atoms with van der Waals surface area (Å²) in [5.74, 6) is 1.54. The summed E-state index contributed by atoms with van der Waals surface area (Å²) in [6.07, 6.45) is 0.281. The van der Waals surface area contributed by atoms with Crippen LogP contribution in [0.5, 0.6) is 5.75 Å². The zero-order valence-corrected chi connectivity index (χ0v) is 14.2. The maximum Gasteiger partial charge on any atom is 0.246 e. The third-order valence-corrected chi connectivity index (χ3v) is 3.70. The third kappa shape index (κ3) is 4.44. The van der Waals surface area contributed by atoms with Gasteiger partial charge in [-0.15, -0.1) is 0 Å². The standard InChI is InChI=1S/C19H19N3O3/c1-13-4-3-5-15(10-13)19-21-18(25-22-19)12-20-17(23)11-14-6-8-16(24-2)9-7-14/h3-10H,11-12H2,1-2H3,(H,20,23). The molecule has 128 valence electrons. The maximum atomic E-state index is 12.0. The van der Waals surface area contributed by atoms with Gasteiger partial charge < -0.3 is 14.6 Å². The normalized spacial score (nSPS) is 10.5. The minimum absolute atomic E-state index is 0.111. The van der Waals surface area contributed by atoms with Crippen LogP contribution in [0, 0.1) is 6.92 Å². The summed E-state index contributed by atoms with van der Waals surface area (Å²) in [5, 5.41) is 6.74. The van der Waals surface area contributed by atoms with Crippen LogP contribution in [-0.4, -0.2) is 23.2 Å². The van der Waals surface area contributed by atoms with Crippen LogP contribution >= 0.6 is 0 Å². The predicted molar refractivity (Wildman–Crippen MR) is 93.0 cm³/mol. The summed E-state index contributed by atoms with van der Waals surface area (Å²) < 4.78 is 10.3. The molecule has 0 bridgehead atoms. The molecule has 0 spiro atoms. The molecule has 0 atom stereocenters. The largest absolute Gasteiger partial charge is 0.497 e. The molecule has 0 aliphatic carbocycles. The van der Waals surface area contributed by atoms with Crippen LogP contribution < -0.4 is 10.1 Å². The van der Waals surface area contributed by atoms with Gasteiger partial charge in [0.2, 0.25) is 17.6 Å². The Labute approximate surface area is 145 Å². The molecular formula is C19H19N3O3. The highest BCUT2D eigenvalue weighted by molar-refractivity contribution is 5.78. The molecule has 0 saturated heterocycles. The molecule has 0 saturated carbocycles. The molecule has 1 heterocycles. The van der Waals surface area contributed by atoms with E-state index in [4.69, 9.17) is 9.26 Å². The van der Waals surface area contributed by atoms with Crippen LogP contribution in [0.4, 0.5) is 0 Å². The van der Waals surface area contributed by atoms with Gasteiger partial charge in [-0.3, -0.25) is 4.79 Å². The van der Waals surface area contributed by atoms with E-state index in [1.54, 1.807) is 7.11 Å². The predicted octanol–water partition coefficient (Wildman–Crippen LogP) is 2.91. The number of rotatable bonds is 6. The van der Waals surface area contributed by atoms with Gasteiger partial charge >= 0.3 is 0 Å². The van der Waals surface area contributed by atoms with Gasteiger partial charge in [-0.05, 0) is 30.7 Å². The van der Waals surface area contributed by atoms with Crippen LogP contribution in [0.2, 0.25) is 0 Å². The quantitative estimate of drug-likeness (QED) is 0.748. The Kier molecular flexibility index (Phi) is 5.09. The first kappa shape index (κ1) is 16.7. The molecule has 0 unspecified atom stereocenters. The van der Waals surface area contributed by atoms with Gasteiger partial charge in [-0.25, -0.2) is 0 Å². The van der Waals surface area contributed by atoms with Gasteiger partial charge in [0.25, 0.3) is 0 Å². The van der Waals surface area contributed by atoms with Crippen LogP contribution in [0.25, 0.3) is 11.4 Å². The Morgan fingerprint density at radius 2 is 2.00 bits per heavy atom. The molecule has 0 fully saturated rings. The molecule has 1 aromatic heterocycles. The second-order valence-electron chi connectivity index (χ2n) is 5.68. The van der Waals surface area contributed by atoms with Gasteiger partial charge in [-0.1, -0.05) is 41.1 Å². The highest BCUT2D eigenvalue weighted by Gasteiger charge is 2.10. The van der Waals surface area contributed by atoms with Crippen molar-refractivity contribution < 1.29 is 14.1 Å². The number of carbonyl (C=O) groups is 1. The van der Waals surface area contributed by atoms with E-state index >= 15 is 0 Å². The van der Waals surface area contributed by atoms with Gasteiger partial charge in [0.05, 0.1) is 20.1 Å². The number of ether oxygens (including phenoxy) is 1. The Bertz CT molecular complexity index is 856. The van der Waals surface area contributed by atoms with Crippen molar-refractivity contribution in [1.82, 2.24) is 15.5 Å². The lowest BCUT2D eigenvalue weighted by molar-refractivity contribution is -0.120. The lowest BCUT2D eigenvalue weighted by Crippen LogP contribution is -2.24. The van der Waals surface area contributed by atoms with Gasteiger partial charge in [0, 0.05) is 5.56 Å². The van der Waals surface area contributed by atoms with Crippen LogP contribution in [-0.2, 0) is 17.8 Å². The average Bonchev–Trinajstić information content (AvgIpc) is 3.10. The molecular weight excluding hydrogens is 318 g/mol. The molecule has 25 heavy (non-hydrogen) atoms. The minimum Gasteiger partial charge on any atom is -0.497 e. The molecule has 3 rings (SSSR count). The summed E-state index contributed by atoms with van der Waals surface area (Å²) in [5.41, 5.74) is 2.92.